The second-order valence-corrected chi connectivity index (χ2v) is 7.76. The van der Waals surface area contributed by atoms with Crippen molar-refractivity contribution in [1.29, 1.82) is 5.26 Å². The molecule has 1 aliphatic rings. The van der Waals surface area contributed by atoms with Crippen LogP contribution >= 0.6 is 0 Å². The Morgan fingerprint density at radius 3 is 2.43 bits per heavy atom. The molecule has 124 valence electrons. The summed E-state index contributed by atoms with van der Waals surface area (Å²) in [5.41, 5.74) is 1.19. The van der Waals surface area contributed by atoms with Crippen molar-refractivity contribution >= 4 is 21.6 Å². The number of nitriles is 1. The molecule has 1 aromatic carbocycles. The van der Waals surface area contributed by atoms with E-state index in [2.05, 4.69) is 5.32 Å². The molecule has 0 bridgehead atoms. The number of nitrogens with one attached hydrogen (secondary N) is 1. The molecule has 7 heteroatoms. The number of amides is 1. The highest BCUT2D eigenvalue weighted by molar-refractivity contribution is 7.89. The summed E-state index contributed by atoms with van der Waals surface area (Å²) in [6.07, 6.45) is 1.66. The molecule has 0 saturated carbocycles. The van der Waals surface area contributed by atoms with E-state index in [0.717, 1.165) is 0 Å². The van der Waals surface area contributed by atoms with E-state index >= 15 is 0 Å². The van der Waals surface area contributed by atoms with Gasteiger partial charge >= 0.3 is 0 Å². The van der Waals surface area contributed by atoms with Crippen molar-refractivity contribution < 1.29 is 13.2 Å². The van der Waals surface area contributed by atoms with Crippen LogP contribution in [0.3, 0.4) is 0 Å². The molecular weight excluding hydrogens is 314 g/mol. The van der Waals surface area contributed by atoms with Gasteiger partial charge < -0.3 is 5.32 Å². The van der Waals surface area contributed by atoms with Crippen LogP contribution in [-0.4, -0.2) is 37.5 Å². The summed E-state index contributed by atoms with van der Waals surface area (Å²) in [4.78, 5) is 12.3. The highest BCUT2D eigenvalue weighted by Gasteiger charge is 2.30. The van der Waals surface area contributed by atoms with Crippen LogP contribution in [0, 0.1) is 17.2 Å². The molecular formula is C16H21N3O3S. The minimum atomic E-state index is -3.18. The Labute approximate surface area is 137 Å². The van der Waals surface area contributed by atoms with E-state index in [1.807, 2.05) is 13.0 Å². The van der Waals surface area contributed by atoms with E-state index in [0.29, 0.717) is 43.6 Å². The molecule has 1 aromatic rings. The van der Waals surface area contributed by atoms with Crippen molar-refractivity contribution in [2.24, 2.45) is 5.92 Å². The van der Waals surface area contributed by atoms with Crippen molar-refractivity contribution in [2.45, 2.75) is 26.2 Å². The van der Waals surface area contributed by atoms with E-state index in [1.165, 1.54) is 4.31 Å². The zero-order chi connectivity index (χ0) is 16.9. The van der Waals surface area contributed by atoms with Gasteiger partial charge in [-0.1, -0.05) is 6.92 Å². The van der Waals surface area contributed by atoms with Crippen LogP contribution in [0.15, 0.2) is 24.3 Å². The van der Waals surface area contributed by atoms with Crippen molar-refractivity contribution in [2.75, 3.05) is 24.2 Å². The number of benzene rings is 1. The van der Waals surface area contributed by atoms with Gasteiger partial charge in [0, 0.05) is 24.7 Å². The third-order valence-corrected chi connectivity index (χ3v) is 6.04. The lowest BCUT2D eigenvalue weighted by Gasteiger charge is -2.30. The molecule has 0 spiro atoms. The van der Waals surface area contributed by atoms with Crippen molar-refractivity contribution in [1.82, 2.24) is 4.31 Å². The van der Waals surface area contributed by atoms with Gasteiger partial charge in [-0.05, 0) is 43.5 Å². The number of piperidine rings is 1. The number of sulfonamides is 1. The first-order valence-corrected chi connectivity index (χ1v) is 9.36. The Bertz CT molecular complexity index is 684. The normalized spacial score (nSPS) is 16.7. The molecule has 1 N–H and O–H groups in total. The summed E-state index contributed by atoms with van der Waals surface area (Å²) in [5, 5.41) is 11.6. The Balaban J connectivity index is 1.89. The maximum Gasteiger partial charge on any atom is 0.227 e. The second-order valence-electron chi connectivity index (χ2n) is 5.67. The maximum absolute atomic E-state index is 12.3. The molecule has 2 rings (SSSR count). The molecule has 1 amide bonds. The minimum absolute atomic E-state index is 0.0951. The van der Waals surface area contributed by atoms with E-state index < -0.39 is 10.0 Å². The fourth-order valence-electron chi connectivity index (χ4n) is 2.66. The lowest BCUT2D eigenvalue weighted by atomic mass is 9.97. The molecule has 6 nitrogen and oxygen atoms in total. The van der Waals surface area contributed by atoms with E-state index in [4.69, 9.17) is 5.26 Å². The largest absolute Gasteiger partial charge is 0.326 e. The first-order valence-electron chi connectivity index (χ1n) is 7.75. The Kier molecular flexibility index (Phi) is 5.74. The molecule has 0 aromatic heterocycles. The van der Waals surface area contributed by atoms with Gasteiger partial charge in [0.05, 0.1) is 17.4 Å². The monoisotopic (exact) mass is 335 g/mol. The van der Waals surface area contributed by atoms with Gasteiger partial charge in [-0.2, -0.15) is 5.26 Å². The summed E-state index contributed by atoms with van der Waals surface area (Å²) < 4.78 is 25.5. The fourth-order valence-corrected chi connectivity index (χ4v) is 4.20. The van der Waals surface area contributed by atoms with Gasteiger partial charge in [0.2, 0.25) is 15.9 Å². The molecule has 1 saturated heterocycles. The number of anilines is 1. The molecule has 1 fully saturated rings. The second kappa shape index (κ2) is 7.57. The molecule has 1 heterocycles. The van der Waals surface area contributed by atoms with Crippen LogP contribution in [0.1, 0.15) is 31.7 Å². The van der Waals surface area contributed by atoms with Gasteiger partial charge in [-0.15, -0.1) is 0 Å². The van der Waals surface area contributed by atoms with Gasteiger partial charge in [-0.3, -0.25) is 4.79 Å². The molecule has 0 atom stereocenters. The first kappa shape index (κ1) is 17.4. The number of carbonyl (C=O) groups excluding carboxylic acids is 1. The fraction of sp³-hybridized carbons (Fsp3) is 0.500. The quantitative estimate of drug-likeness (QED) is 0.890. The summed E-state index contributed by atoms with van der Waals surface area (Å²) >= 11 is 0. The van der Waals surface area contributed by atoms with E-state index in [9.17, 15) is 13.2 Å². The predicted octanol–water partition coefficient (Wildman–Crippen LogP) is 1.95. The third kappa shape index (κ3) is 4.53. The summed E-state index contributed by atoms with van der Waals surface area (Å²) in [6, 6.07) is 8.71. The van der Waals surface area contributed by atoms with Gasteiger partial charge in [0.15, 0.2) is 0 Å². The lowest BCUT2D eigenvalue weighted by Crippen LogP contribution is -2.42. The van der Waals surface area contributed by atoms with E-state index in [-0.39, 0.29) is 17.6 Å². The average Bonchev–Trinajstić information content (AvgIpc) is 2.55. The average molecular weight is 335 g/mol. The molecule has 0 unspecified atom stereocenters. The van der Waals surface area contributed by atoms with Crippen molar-refractivity contribution in [3.05, 3.63) is 29.8 Å². The molecule has 1 aliphatic heterocycles. The number of hydrogen-bond donors (Lipinski definition) is 1. The first-order chi connectivity index (χ1) is 11.0. The van der Waals surface area contributed by atoms with Crippen LogP contribution in [0.5, 0.6) is 0 Å². The summed E-state index contributed by atoms with van der Waals surface area (Å²) in [7, 11) is -3.18. The number of hydrogen-bond acceptors (Lipinski definition) is 4. The maximum atomic E-state index is 12.3. The molecule has 0 radical (unpaired) electrons. The Hall–Kier alpha value is -1.91. The topological polar surface area (TPSA) is 90.3 Å². The third-order valence-electron chi connectivity index (χ3n) is 3.96. The smallest absolute Gasteiger partial charge is 0.227 e. The summed E-state index contributed by atoms with van der Waals surface area (Å²) in [6.45, 7) is 2.64. The Morgan fingerprint density at radius 1 is 1.30 bits per heavy atom. The van der Waals surface area contributed by atoms with Gasteiger partial charge in [0.25, 0.3) is 0 Å². The predicted molar refractivity (Wildman–Crippen MR) is 88.2 cm³/mol. The highest BCUT2D eigenvalue weighted by Crippen LogP contribution is 2.22. The van der Waals surface area contributed by atoms with Crippen molar-refractivity contribution in [3.8, 4) is 6.07 Å². The zero-order valence-corrected chi connectivity index (χ0v) is 14.0. The van der Waals surface area contributed by atoms with Crippen LogP contribution in [0.25, 0.3) is 0 Å². The highest BCUT2D eigenvalue weighted by atomic mass is 32.2. The number of rotatable bonds is 5. The zero-order valence-electron chi connectivity index (χ0n) is 13.2. The van der Waals surface area contributed by atoms with Crippen LogP contribution in [0.4, 0.5) is 5.69 Å². The standard InChI is InChI=1S/C16H21N3O3S/c1-2-11-23(21,22)19-9-7-14(8-10-19)16(20)18-15-5-3-13(12-17)4-6-15/h3-6,14H,2,7-11H2,1H3,(H,18,20). The van der Waals surface area contributed by atoms with Gasteiger partial charge in [0.1, 0.15) is 0 Å². The minimum Gasteiger partial charge on any atom is -0.326 e. The van der Waals surface area contributed by atoms with Crippen LogP contribution in [0.2, 0.25) is 0 Å². The molecule has 23 heavy (non-hydrogen) atoms. The Morgan fingerprint density at radius 2 is 1.91 bits per heavy atom. The van der Waals surface area contributed by atoms with Crippen LogP contribution < -0.4 is 5.32 Å². The van der Waals surface area contributed by atoms with Crippen LogP contribution in [-0.2, 0) is 14.8 Å². The number of carbonyl (C=O) groups is 1. The number of nitrogens with zero attached hydrogens (tertiary/aromatic N) is 2. The SMILES string of the molecule is CCCS(=O)(=O)N1CCC(C(=O)Nc2ccc(C#N)cc2)CC1. The lowest BCUT2D eigenvalue weighted by molar-refractivity contribution is -0.120. The van der Waals surface area contributed by atoms with E-state index in [1.54, 1.807) is 24.3 Å². The molecule has 0 aliphatic carbocycles. The van der Waals surface area contributed by atoms with Gasteiger partial charge in [-0.25, -0.2) is 12.7 Å². The van der Waals surface area contributed by atoms with Crippen molar-refractivity contribution in [3.63, 3.8) is 0 Å². The summed E-state index contributed by atoms with van der Waals surface area (Å²) in [5.74, 6) is -0.115.